The smallest absolute Gasteiger partial charge is 0.322 e. The number of sulfonamides is 1. The molecule has 0 amide bonds. The number of fused-ring (bicyclic) bond motifs is 1. The lowest BCUT2D eigenvalue weighted by atomic mass is 10.2. The molecule has 0 unspecified atom stereocenters. The molecule has 0 aliphatic heterocycles. The Morgan fingerprint density at radius 2 is 1.93 bits per heavy atom. The maximum absolute atomic E-state index is 12.7. The van der Waals surface area contributed by atoms with Crippen LogP contribution < -0.4 is 9.46 Å². The lowest BCUT2D eigenvalue weighted by Gasteiger charge is -2.15. The second-order valence-electron chi connectivity index (χ2n) is 6.71. The summed E-state index contributed by atoms with van der Waals surface area (Å²) in [7, 11) is -3.70. The van der Waals surface area contributed by atoms with Crippen LogP contribution in [0.2, 0.25) is 0 Å². The van der Waals surface area contributed by atoms with Crippen molar-refractivity contribution in [1.29, 1.82) is 0 Å². The van der Waals surface area contributed by atoms with Crippen LogP contribution in [0, 0.1) is 3.57 Å². The first kappa shape index (κ1) is 20.8. The molecule has 0 aliphatic rings. The van der Waals surface area contributed by atoms with Crippen LogP contribution in [0.3, 0.4) is 0 Å². The van der Waals surface area contributed by atoms with Gasteiger partial charge in [-0.05, 0) is 84.3 Å². The SMILES string of the molecule is CCn1c(Oc2ccc3cc[nH]c3c2)nnc1[C@@H](C)NS(=O)(=O)c1ccc(I)cc1. The zero-order valence-corrected chi connectivity index (χ0v) is 19.3. The highest BCUT2D eigenvalue weighted by molar-refractivity contribution is 14.1. The maximum Gasteiger partial charge on any atom is 0.322 e. The fourth-order valence-electron chi connectivity index (χ4n) is 3.16. The minimum Gasteiger partial charge on any atom is -0.424 e. The molecule has 30 heavy (non-hydrogen) atoms. The van der Waals surface area contributed by atoms with Gasteiger partial charge in [0.25, 0.3) is 0 Å². The van der Waals surface area contributed by atoms with Crippen LogP contribution in [0.5, 0.6) is 11.8 Å². The van der Waals surface area contributed by atoms with E-state index in [1.54, 1.807) is 35.8 Å². The standard InChI is InChI=1S/C20H20IN5O3S/c1-3-26-19(13(2)25-30(27,28)17-8-5-15(21)6-9-17)23-24-20(26)29-16-7-4-14-10-11-22-18(14)12-16/h4-13,22,25H,3H2,1-2H3/t13-/m1/s1. The van der Waals surface area contributed by atoms with Crippen LogP contribution in [-0.2, 0) is 16.6 Å². The number of hydrogen-bond donors (Lipinski definition) is 2. The Kier molecular flexibility index (Phi) is 5.80. The van der Waals surface area contributed by atoms with Crippen LogP contribution in [-0.4, -0.2) is 28.2 Å². The first-order valence-corrected chi connectivity index (χ1v) is 11.9. The molecule has 0 bridgehead atoms. The fraction of sp³-hybridized carbons (Fsp3) is 0.200. The van der Waals surface area contributed by atoms with Gasteiger partial charge >= 0.3 is 6.01 Å². The number of benzene rings is 2. The molecule has 2 aromatic carbocycles. The van der Waals surface area contributed by atoms with Crippen molar-refractivity contribution in [2.24, 2.45) is 0 Å². The molecule has 4 aromatic rings. The van der Waals surface area contributed by atoms with Crippen molar-refractivity contribution >= 4 is 43.5 Å². The normalized spacial score (nSPS) is 12.9. The van der Waals surface area contributed by atoms with Gasteiger partial charge < -0.3 is 9.72 Å². The van der Waals surface area contributed by atoms with Gasteiger partial charge in [0, 0.05) is 27.9 Å². The molecular weight excluding hydrogens is 517 g/mol. The minimum absolute atomic E-state index is 0.202. The summed E-state index contributed by atoms with van der Waals surface area (Å²) in [6, 6.07) is 14.0. The Morgan fingerprint density at radius 1 is 1.17 bits per heavy atom. The summed E-state index contributed by atoms with van der Waals surface area (Å²) in [6.45, 7) is 4.18. The molecular formula is C20H20IN5O3S. The van der Waals surface area contributed by atoms with E-state index in [1.807, 2.05) is 37.4 Å². The minimum atomic E-state index is -3.70. The highest BCUT2D eigenvalue weighted by Crippen LogP contribution is 2.26. The van der Waals surface area contributed by atoms with E-state index in [2.05, 4.69) is 42.5 Å². The molecule has 0 aliphatic carbocycles. The Morgan fingerprint density at radius 3 is 2.67 bits per heavy atom. The monoisotopic (exact) mass is 537 g/mol. The summed E-state index contributed by atoms with van der Waals surface area (Å²) < 4.78 is 36.7. The summed E-state index contributed by atoms with van der Waals surface area (Å²) >= 11 is 2.13. The summed E-state index contributed by atoms with van der Waals surface area (Å²) in [5, 5.41) is 9.39. The van der Waals surface area contributed by atoms with E-state index in [1.165, 1.54) is 0 Å². The van der Waals surface area contributed by atoms with Crippen LogP contribution in [0.25, 0.3) is 10.9 Å². The van der Waals surface area contributed by atoms with Gasteiger partial charge in [0.05, 0.1) is 10.9 Å². The van der Waals surface area contributed by atoms with Gasteiger partial charge in [-0.15, -0.1) is 5.10 Å². The van der Waals surface area contributed by atoms with Crippen molar-refractivity contribution in [3.63, 3.8) is 0 Å². The number of hydrogen-bond acceptors (Lipinski definition) is 5. The Bertz CT molecular complexity index is 1280. The van der Waals surface area contributed by atoms with Crippen molar-refractivity contribution in [2.75, 3.05) is 0 Å². The van der Waals surface area contributed by atoms with Crippen LogP contribution in [0.1, 0.15) is 25.7 Å². The summed E-state index contributed by atoms with van der Waals surface area (Å²) in [4.78, 5) is 3.34. The Hall–Kier alpha value is -2.44. The van der Waals surface area contributed by atoms with E-state index in [-0.39, 0.29) is 4.90 Å². The number of nitrogens with zero attached hydrogens (tertiary/aromatic N) is 3. The molecule has 0 spiro atoms. The van der Waals surface area contributed by atoms with E-state index in [4.69, 9.17) is 4.74 Å². The molecule has 1 atom stereocenters. The number of aromatic amines is 1. The number of nitrogens with one attached hydrogen (secondary N) is 2. The highest BCUT2D eigenvalue weighted by Gasteiger charge is 2.24. The zero-order chi connectivity index (χ0) is 21.3. The predicted octanol–water partition coefficient (Wildman–Crippen LogP) is 4.22. The van der Waals surface area contributed by atoms with E-state index in [9.17, 15) is 8.42 Å². The highest BCUT2D eigenvalue weighted by atomic mass is 127. The van der Waals surface area contributed by atoms with E-state index in [0.29, 0.717) is 24.1 Å². The predicted molar refractivity (Wildman–Crippen MR) is 122 cm³/mol. The first-order valence-electron chi connectivity index (χ1n) is 9.33. The number of H-pyrrole nitrogens is 1. The first-order chi connectivity index (χ1) is 14.4. The molecule has 0 saturated carbocycles. The summed E-state index contributed by atoms with van der Waals surface area (Å²) in [5.41, 5.74) is 0.953. The van der Waals surface area contributed by atoms with Gasteiger partial charge in [0.15, 0.2) is 5.82 Å². The average Bonchev–Trinajstić information content (AvgIpc) is 3.34. The van der Waals surface area contributed by atoms with Gasteiger partial charge in [-0.2, -0.15) is 0 Å². The van der Waals surface area contributed by atoms with Gasteiger partial charge in [-0.3, -0.25) is 4.57 Å². The molecule has 0 saturated heterocycles. The fourth-order valence-corrected chi connectivity index (χ4v) is 4.72. The van der Waals surface area contributed by atoms with E-state index in [0.717, 1.165) is 14.5 Å². The third-order valence-electron chi connectivity index (χ3n) is 4.64. The third kappa shape index (κ3) is 4.20. The molecule has 8 nitrogen and oxygen atoms in total. The van der Waals surface area contributed by atoms with Gasteiger partial charge in [0.1, 0.15) is 5.75 Å². The Balaban J connectivity index is 1.57. The summed E-state index contributed by atoms with van der Waals surface area (Å²) in [5.74, 6) is 1.09. The quantitative estimate of drug-likeness (QED) is 0.344. The second kappa shape index (κ2) is 8.36. The van der Waals surface area contributed by atoms with Crippen molar-refractivity contribution in [3.8, 4) is 11.8 Å². The largest absolute Gasteiger partial charge is 0.424 e. The lowest BCUT2D eigenvalue weighted by Crippen LogP contribution is -2.29. The van der Waals surface area contributed by atoms with E-state index < -0.39 is 16.1 Å². The summed E-state index contributed by atoms with van der Waals surface area (Å²) in [6.07, 6.45) is 1.86. The van der Waals surface area contributed by atoms with E-state index >= 15 is 0 Å². The van der Waals surface area contributed by atoms with Crippen molar-refractivity contribution in [2.45, 2.75) is 31.3 Å². The molecule has 2 aromatic heterocycles. The van der Waals surface area contributed by atoms with Crippen molar-refractivity contribution < 1.29 is 13.2 Å². The van der Waals surface area contributed by atoms with Crippen LogP contribution in [0.15, 0.2) is 59.6 Å². The zero-order valence-electron chi connectivity index (χ0n) is 16.3. The number of ether oxygens (including phenoxy) is 1. The molecule has 0 radical (unpaired) electrons. The number of aromatic nitrogens is 4. The number of halogens is 1. The van der Waals surface area contributed by atoms with Crippen molar-refractivity contribution in [3.05, 3.63) is 64.1 Å². The van der Waals surface area contributed by atoms with Gasteiger partial charge in [-0.1, -0.05) is 5.10 Å². The third-order valence-corrected chi connectivity index (χ3v) is 6.92. The van der Waals surface area contributed by atoms with Crippen LogP contribution in [0.4, 0.5) is 0 Å². The van der Waals surface area contributed by atoms with Crippen LogP contribution >= 0.6 is 22.6 Å². The van der Waals surface area contributed by atoms with Gasteiger partial charge in [0.2, 0.25) is 10.0 Å². The Labute approximate surface area is 187 Å². The lowest BCUT2D eigenvalue weighted by molar-refractivity contribution is 0.408. The van der Waals surface area contributed by atoms with Gasteiger partial charge in [-0.25, -0.2) is 13.1 Å². The van der Waals surface area contributed by atoms with Crippen molar-refractivity contribution in [1.82, 2.24) is 24.5 Å². The molecule has 2 N–H and O–H groups in total. The molecule has 0 fully saturated rings. The second-order valence-corrected chi connectivity index (χ2v) is 9.67. The number of rotatable bonds is 7. The topological polar surface area (TPSA) is 102 Å². The molecule has 4 rings (SSSR count). The molecule has 10 heteroatoms. The maximum atomic E-state index is 12.7. The molecule has 2 heterocycles. The average molecular weight is 537 g/mol. The molecule has 156 valence electrons.